The Morgan fingerprint density at radius 2 is 2.14 bits per heavy atom. The number of aromatic carboxylic acids is 1. The average molecular weight is 416 g/mol. The number of aryl methyl sites for hydroxylation is 1. The van der Waals surface area contributed by atoms with Crippen molar-refractivity contribution in [2.45, 2.75) is 32.6 Å². The third-order valence-corrected chi connectivity index (χ3v) is 6.38. The van der Waals surface area contributed by atoms with Crippen molar-refractivity contribution in [3.8, 4) is 11.5 Å². The summed E-state index contributed by atoms with van der Waals surface area (Å²) in [6, 6.07) is 5.09. The molecule has 3 rings (SSSR count). The SMILES string of the molecule is CC[C@@H]1CCc2sc(C(=O)N/N=C\c3ccc(OC)c(OC)c3C(=O)O)cc2C1. The van der Waals surface area contributed by atoms with E-state index in [0.717, 1.165) is 19.3 Å². The molecule has 1 aromatic heterocycles. The lowest BCUT2D eigenvalue weighted by Gasteiger charge is -2.19. The Balaban J connectivity index is 1.76. The molecule has 1 aliphatic rings. The Morgan fingerprint density at radius 1 is 1.34 bits per heavy atom. The van der Waals surface area contributed by atoms with Gasteiger partial charge < -0.3 is 14.6 Å². The maximum Gasteiger partial charge on any atom is 0.340 e. The van der Waals surface area contributed by atoms with Crippen molar-refractivity contribution in [3.05, 3.63) is 44.6 Å². The number of rotatable bonds is 7. The molecule has 0 saturated heterocycles. The van der Waals surface area contributed by atoms with Gasteiger partial charge in [0.15, 0.2) is 11.5 Å². The summed E-state index contributed by atoms with van der Waals surface area (Å²) in [7, 11) is 2.80. The summed E-state index contributed by atoms with van der Waals surface area (Å²) >= 11 is 1.50. The third kappa shape index (κ3) is 4.42. The summed E-state index contributed by atoms with van der Waals surface area (Å²) in [6.45, 7) is 2.20. The molecule has 1 aromatic carbocycles. The van der Waals surface area contributed by atoms with Crippen LogP contribution in [0.3, 0.4) is 0 Å². The predicted octanol–water partition coefficient (Wildman–Crippen LogP) is 3.74. The van der Waals surface area contributed by atoms with E-state index in [1.165, 1.54) is 48.6 Å². The van der Waals surface area contributed by atoms with Gasteiger partial charge >= 0.3 is 5.97 Å². The van der Waals surface area contributed by atoms with E-state index in [2.05, 4.69) is 17.5 Å². The summed E-state index contributed by atoms with van der Waals surface area (Å²) in [6.07, 6.45) is 5.65. The summed E-state index contributed by atoms with van der Waals surface area (Å²) < 4.78 is 10.3. The van der Waals surface area contributed by atoms with Gasteiger partial charge in [-0.15, -0.1) is 11.3 Å². The Kier molecular flexibility index (Phi) is 6.53. The van der Waals surface area contributed by atoms with Crippen molar-refractivity contribution in [2.75, 3.05) is 14.2 Å². The molecular weight excluding hydrogens is 392 g/mol. The third-order valence-electron chi connectivity index (χ3n) is 5.15. The lowest BCUT2D eigenvalue weighted by atomic mass is 9.87. The summed E-state index contributed by atoms with van der Waals surface area (Å²) in [5, 5.41) is 13.5. The Morgan fingerprint density at radius 3 is 2.79 bits per heavy atom. The van der Waals surface area contributed by atoms with Crippen LogP contribution in [0.25, 0.3) is 0 Å². The van der Waals surface area contributed by atoms with Crippen LogP contribution in [0.1, 0.15) is 55.8 Å². The first-order valence-corrected chi connectivity index (χ1v) is 10.2. The van der Waals surface area contributed by atoms with E-state index < -0.39 is 5.97 Å². The molecule has 1 amide bonds. The van der Waals surface area contributed by atoms with E-state index in [-0.39, 0.29) is 17.2 Å². The van der Waals surface area contributed by atoms with E-state index in [1.54, 1.807) is 12.1 Å². The van der Waals surface area contributed by atoms with Crippen LogP contribution in [-0.2, 0) is 12.8 Å². The van der Waals surface area contributed by atoms with Gasteiger partial charge in [-0.05, 0) is 48.9 Å². The molecule has 0 saturated carbocycles. The van der Waals surface area contributed by atoms with Crippen LogP contribution in [0.4, 0.5) is 0 Å². The minimum atomic E-state index is -1.18. The molecule has 1 aliphatic carbocycles. The molecule has 29 heavy (non-hydrogen) atoms. The number of hydrazone groups is 1. The number of methoxy groups -OCH3 is 2. The summed E-state index contributed by atoms with van der Waals surface area (Å²) in [4.78, 5) is 26.0. The number of hydrogen-bond acceptors (Lipinski definition) is 6. The monoisotopic (exact) mass is 416 g/mol. The lowest BCUT2D eigenvalue weighted by molar-refractivity contribution is 0.0692. The van der Waals surface area contributed by atoms with Crippen LogP contribution < -0.4 is 14.9 Å². The highest BCUT2D eigenvalue weighted by Crippen LogP contribution is 2.34. The number of nitrogens with one attached hydrogen (secondary N) is 1. The number of nitrogens with zero attached hydrogens (tertiary/aromatic N) is 1. The minimum Gasteiger partial charge on any atom is -0.493 e. The zero-order chi connectivity index (χ0) is 21.0. The summed E-state index contributed by atoms with van der Waals surface area (Å²) in [5.74, 6) is -0.381. The number of carboxylic acids is 1. The van der Waals surface area contributed by atoms with Gasteiger partial charge in [0.1, 0.15) is 5.56 Å². The van der Waals surface area contributed by atoms with E-state index in [9.17, 15) is 14.7 Å². The lowest BCUT2D eigenvalue weighted by Crippen LogP contribution is -2.16. The maximum absolute atomic E-state index is 12.5. The number of fused-ring (bicyclic) bond motifs is 1. The number of thiophene rings is 1. The van der Waals surface area contributed by atoms with Gasteiger partial charge in [-0.3, -0.25) is 4.79 Å². The zero-order valence-corrected chi connectivity index (χ0v) is 17.5. The second-order valence-electron chi connectivity index (χ2n) is 6.85. The second-order valence-corrected chi connectivity index (χ2v) is 7.98. The van der Waals surface area contributed by atoms with Gasteiger partial charge in [-0.1, -0.05) is 13.3 Å². The average Bonchev–Trinajstić information content (AvgIpc) is 3.16. The first-order chi connectivity index (χ1) is 14.0. The molecule has 154 valence electrons. The molecular formula is C21H24N2O5S. The summed E-state index contributed by atoms with van der Waals surface area (Å²) in [5.41, 5.74) is 3.97. The standard InChI is InChI=1S/C21H24N2O5S/c1-4-12-5-8-16-14(9-12)10-17(29-16)20(24)23-22-11-13-6-7-15(27-2)19(28-3)18(13)21(25)26/h6-7,10-12H,4-5,8-9H2,1-3H3,(H,23,24)(H,25,26)/b22-11-/t12-/m1/s1. The van der Waals surface area contributed by atoms with E-state index in [4.69, 9.17) is 9.47 Å². The minimum absolute atomic E-state index is 0.0814. The molecule has 2 N–H and O–H groups in total. The molecule has 1 heterocycles. The highest BCUT2D eigenvalue weighted by Gasteiger charge is 2.22. The van der Waals surface area contributed by atoms with Crippen LogP contribution in [0.5, 0.6) is 11.5 Å². The first kappa shape index (κ1) is 20.9. The Bertz CT molecular complexity index is 951. The van der Waals surface area contributed by atoms with Crippen molar-refractivity contribution in [1.82, 2.24) is 5.43 Å². The van der Waals surface area contributed by atoms with Crippen molar-refractivity contribution in [2.24, 2.45) is 11.0 Å². The number of carbonyl (C=O) groups is 2. The van der Waals surface area contributed by atoms with Crippen molar-refractivity contribution < 1.29 is 24.2 Å². The molecule has 7 nitrogen and oxygen atoms in total. The van der Waals surface area contributed by atoms with Crippen LogP contribution in [-0.4, -0.2) is 37.4 Å². The normalized spacial score (nSPS) is 15.8. The van der Waals surface area contributed by atoms with E-state index in [0.29, 0.717) is 22.1 Å². The van der Waals surface area contributed by atoms with Crippen molar-refractivity contribution in [1.29, 1.82) is 0 Å². The largest absolute Gasteiger partial charge is 0.493 e. The number of hydrogen-bond donors (Lipinski definition) is 2. The van der Waals surface area contributed by atoms with Gasteiger partial charge in [-0.2, -0.15) is 5.10 Å². The number of carbonyl (C=O) groups excluding carboxylic acids is 1. The second kappa shape index (κ2) is 9.09. The van der Waals surface area contributed by atoms with Crippen LogP contribution in [0.15, 0.2) is 23.3 Å². The molecule has 0 fully saturated rings. The fraction of sp³-hybridized carbons (Fsp3) is 0.381. The van der Waals surface area contributed by atoms with Crippen LogP contribution in [0, 0.1) is 5.92 Å². The number of amides is 1. The predicted molar refractivity (Wildman–Crippen MR) is 112 cm³/mol. The highest BCUT2D eigenvalue weighted by atomic mass is 32.1. The fourth-order valence-electron chi connectivity index (χ4n) is 3.55. The molecule has 0 unspecified atom stereocenters. The van der Waals surface area contributed by atoms with Gasteiger partial charge in [0.05, 0.1) is 25.3 Å². The van der Waals surface area contributed by atoms with Gasteiger partial charge in [0.2, 0.25) is 0 Å². The molecule has 8 heteroatoms. The molecule has 0 aliphatic heterocycles. The van der Waals surface area contributed by atoms with Gasteiger partial charge in [-0.25, -0.2) is 10.2 Å². The molecule has 1 atom stereocenters. The van der Waals surface area contributed by atoms with Gasteiger partial charge in [0, 0.05) is 10.4 Å². The quantitative estimate of drug-likeness (QED) is 0.529. The van der Waals surface area contributed by atoms with Crippen LogP contribution in [0.2, 0.25) is 0 Å². The molecule has 0 radical (unpaired) electrons. The Labute approximate surface area is 173 Å². The maximum atomic E-state index is 12.5. The fourth-order valence-corrected chi connectivity index (χ4v) is 4.64. The molecule has 0 spiro atoms. The van der Waals surface area contributed by atoms with E-state index in [1.807, 2.05) is 6.07 Å². The number of ether oxygens (including phenoxy) is 2. The zero-order valence-electron chi connectivity index (χ0n) is 16.7. The van der Waals surface area contributed by atoms with Crippen molar-refractivity contribution in [3.63, 3.8) is 0 Å². The van der Waals surface area contributed by atoms with Crippen LogP contribution >= 0.6 is 11.3 Å². The highest BCUT2D eigenvalue weighted by molar-refractivity contribution is 7.14. The van der Waals surface area contributed by atoms with Gasteiger partial charge in [0.25, 0.3) is 5.91 Å². The number of carboxylic acid groups (broad SMARTS) is 1. The molecule has 2 aromatic rings. The first-order valence-electron chi connectivity index (χ1n) is 9.41. The smallest absolute Gasteiger partial charge is 0.340 e. The number of benzene rings is 1. The topological polar surface area (TPSA) is 97.2 Å². The van der Waals surface area contributed by atoms with E-state index >= 15 is 0 Å². The van der Waals surface area contributed by atoms with Crippen molar-refractivity contribution >= 4 is 29.4 Å². The Hall–Kier alpha value is -2.87. The molecule has 0 bridgehead atoms.